The maximum absolute atomic E-state index is 12.3. The quantitative estimate of drug-likeness (QED) is 0.683. The number of benzene rings is 2. The highest BCUT2D eigenvalue weighted by atomic mass is 16.6. The van der Waals surface area contributed by atoms with Crippen LogP contribution in [-0.4, -0.2) is 10.8 Å². The van der Waals surface area contributed by atoms with E-state index in [-0.39, 0.29) is 11.3 Å². The predicted octanol–water partition coefficient (Wildman–Crippen LogP) is 3.88. The second-order valence-corrected chi connectivity index (χ2v) is 4.55. The lowest BCUT2D eigenvalue weighted by Crippen LogP contribution is -2.14. The highest BCUT2D eigenvalue weighted by molar-refractivity contribution is 6.08. The molecule has 0 aliphatic rings. The summed E-state index contributed by atoms with van der Waals surface area (Å²) in [6, 6.07) is 13.0. The van der Waals surface area contributed by atoms with Crippen LogP contribution < -0.4 is 5.32 Å². The second kappa shape index (κ2) is 6.00. The molecule has 2 rings (SSSR count). The molecule has 1 N–H and O–H groups in total. The number of hydrogen-bond donors (Lipinski definition) is 1. The van der Waals surface area contributed by atoms with Crippen LogP contribution in [0.1, 0.15) is 22.8 Å². The first-order chi connectivity index (χ1) is 10.0. The summed E-state index contributed by atoms with van der Waals surface area (Å²) in [5, 5.41) is 13.7. The zero-order valence-electron chi connectivity index (χ0n) is 11.5. The van der Waals surface area contributed by atoms with Gasteiger partial charge in [0.25, 0.3) is 11.6 Å². The standard InChI is InChI=1S/C16H14N2O3/c1-11(2)12-7-3-5-9-14(12)17-16(19)13-8-4-6-10-15(13)18(20)21/h3-10H,1H2,2H3,(H,17,19). The Morgan fingerprint density at radius 2 is 1.67 bits per heavy atom. The SMILES string of the molecule is C=C(C)c1ccccc1NC(=O)c1ccccc1[N+](=O)[O-]. The number of rotatable bonds is 4. The van der Waals surface area contributed by atoms with E-state index in [1.54, 1.807) is 18.2 Å². The third kappa shape index (κ3) is 3.14. The van der Waals surface area contributed by atoms with Gasteiger partial charge in [-0.2, -0.15) is 0 Å². The van der Waals surface area contributed by atoms with Gasteiger partial charge in [0.1, 0.15) is 5.56 Å². The van der Waals surface area contributed by atoms with E-state index in [2.05, 4.69) is 11.9 Å². The average molecular weight is 282 g/mol. The number of carbonyl (C=O) groups is 1. The molecule has 5 heteroatoms. The minimum atomic E-state index is -0.570. The van der Waals surface area contributed by atoms with Crippen LogP contribution in [0.4, 0.5) is 11.4 Å². The average Bonchev–Trinajstić information content (AvgIpc) is 2.47. The summed E-state index contributed by atoms with van der Waals surface area (Å²) in [6.45, 7) is 5.68. The number of allylic oxidation sites excluding steroid dienone is 1. The van der Waals surface area contributed by atoms with Crippen molar-refractivity contribution in [1.82, 2.24) is 0 Å². The van der Waals surface area contributed by atoms with Gasteiger partial charge in [0.2, 0.25) is 0 Å². The van der Waals surface area contributed by atoms with Gasteiger partial charge in [-0.3, -0.25) is 14.9 Å². The molecule has 0 aliphatic heterocycles. The molecule has 2 aromatic carbocycles. The molecule has 0 heterocycles. The topological polar surface area (TPSA) is 72.2 Å². The maximum Gasteiger partial charge on any atom is 0.282 e. The minimum Gasteiger partial charge on any atom is -0.321 e. The van der Waals surface area contributed by atoms with E-state index < -0.39 is 10.8 Å². The molecule has 0 saturated carbocycles. The van der Waals surface area contributed by atoms with Gasteiger partial charge in [-0.15, -0.1) is 0 Å². The summed E-state index contributed by atoms with van der Waals surface area (Å²) in [6.07, 6.45) is 0. The lowest BCUT2D eigenvalue weighted by Gasteiger charge is -2.11. The van der Waals surface area contributed by atoms with Gasteiger partial charge in [-0.25, -0.2) is 0 Å². The van der Waals surface area contributed by atoms with Crippen molar-refractivity contribution in [3.8, 4) is 0 Å². The Morgan fingerprint density at radius 3 is 2.29 bits per heavy atom. The number of hydrogen-bond acceptors (Lipinski definition) is 3. The van der Waals surface area contributed by atoms with Crippen molar-refractivity contribution in [1.29, 1.82) is 0 Å². The van der Waals surface area contributed by atoms with Crippen LogP contribution in [0.2, 0.25) is 0 Å². The first-order valence-corrected chi connectivity index (χ1v) is 6.30. The Balaban J connectivity index is 2.36. The molecule has 0 spiro atoms. The van der Waals surface area contributed by atoms with E-state index in [4.69, 9.17) is 0 Å². The molecule has 1 amide bonds. The molecule has 0 aromatic heterocycles. The van der Waals surface area contributed by atoms with Gasteiger partial charge in [0.15, 0.2) is 0 Å². The largest absolute Gasteiger partial charge is 0.321 e. The van der Waals surface area contributed by atoms with Gasteiger partial charge in [-0.05, 0) is 24.6 Å². The summed E-state index contributed by atoms with van der Waals surface area (Å²) in [7, 11) is 0. The first kappa shape index (κ1) is 14.5. The van der Waals surface area contributed by atoms with Crippen LogP contribution in [-0.2, 0) is 0 Å². The second-order valence-electron chi connectivity index (χ2n) is 4.55. The summed E-state index contributed by atoms with van der Waals surface area (Å²) < 4.78 is 0. The summed E-state index contributed by atoms with van der Waals surface area (Å²) in [5.74, 6) is -0.518. The Hall–Kier alpha value is -2.95. The highest BCUT2D eigenvalue weighted by Gasteiger charge is 2.19. The number of para-hydroxylation sites is 2. The zero-order chi connectivity index (χ0) is 15.4. The zero-order valence-corrected chi connectivity index (χ0v) is 11.5. The number of nitrogens with zero attached hydrogens (tertiary/aromatic N) is 1. The molecule has 106 valence electrons. The molecule has 0 fully saturated rings. The van der Waals surface area contributed by atoms with Crippen LogP contribution in [0, 0.1) is 10.1 Å². The van der Waals surface area contributed by atoms with Crippen molar-refractivity contribution in [3.05, 3.63) is 76.4 Å². The van der Waals surface area contributed by atoms with Crippen molar-refractivity contribution >= 4 is 22.9 Å². The molecular weight excluding hydrogens is 268 g/mol. The van der Waals surface area contributed by atoms with Gasteiger partial charge < -0.3 is 5.32 Å². The van der Waals surface area contributed by atoms with Crippen molar-refractivity contribution in [3.63, 3.8) is 0 Å². The molecule has 0 radical (unpaired) electrons. The Labute approximate surface area is 122 Å². The molecule has 0 unspecified atom stereocenters. The summed E-state index contributed by atoms with van der Waals surface area (Å²) in [5.41, 5.74) is 1.98. The lowest BCUT2D eigenvalue weighted by molar-refractivity contribution is -0.385. The fourth-order valence-corrected chi connectivity index (χ4v) is 1.98. The summed E-state index contributed by atoms with van der Waals surface area (Å²) in [4.78, 5) is 22.7. The van der Waals surface area contributed by atoms with Crippen LogP contribution >= 0.6 is 0 Å². The summed E-state index contributed by atoms with van der Waals surface area (Å²) >= 11 is 0. The highest BCUT2D eigenvalue weighted by Crippen LogP contribution is 2.24. The van der Waals surface area contributed by atoms with Crippen LogP contribution in [0.15, 0.2) is 55.1 Å². The maximum atomic E-state index is 12.3. The Kier molecular flexibility index (Phi) is 4.13. The molecule has 21 heavy (non-hydrogen) atoms. The third-order valence-electron chi connectivity index (χ3n) is 2.98. The lowest BCUT2D eigenvalue weighted by atomic mass is 10.1. The van der Waals surface area contributed by atoms with Gasteiger partial charge in [0, 0.05) is 17.3 Å². The fourth-order valence-electron chi connectivity index (χ4n) is 1.98. The Bertz CT molecular complexity index is 723. The monoisotopic (exact) mass is 282 g/mol. The van der Waals surface area contributed by atoms with Crippen molar-refractivity contribution in [2.75, 3.05) is 5.32 Å². The molecule has 0 bridgehead atoms. The van der Waals surface area contributed by atoms with Crippen LogP contribution in [0.5, 0.6) is 0 Å². The third-order valence-corrected chi connectivity index (χ3v) is 2.98. The predicted molar refractivity (Wildman–Crippen MR) is 82.2 cm³/mol. The van der Waals surface area contributed by atoms with E-state index in [1.165, 1.54) is 18.2 Å². The van der Waals surface area contributed by atoms with Crippen molar-refractivity contribution in [2.24, 2.45) is 0 Å². The van der Waals surface area contributed by atoms with Gasteiger partial charge in [0.05, 0.1) is 4.92 Å². The fraction of sp³-hybridized carbons (Fsp3) is 0.0625. The molecule has 0 aliphatic carbocycles. The molecular formula is C16H14N2O3. The molecule has 5 nitrogen and oxygen atoms in total. The molecule has 0 saturated heterocycles. The number of carbonyl (C=O) groups excluding carboxylic acids is 1. The number of nitro benzene ring substituents is 1. The van der Waals surface area contributed by atoms with E-state index >= 15 is 0 Å². The number of nitrogens with one attached hydrogen (secondary N) is 1. The van der Waals surface area contributed by atoms with E-state index in [9.17, 15) is 14.9 Å². The normalized spacial score (nSPS) is 9.95. The van der Waals surface area contributed by atoms with Crippen molar-refractivity contribution < 1.29 is 9.72 Å². The van der Waals surface area contributed by atoms with E-state index in [0.717, 1.165) is 11.1 Å². The van der Waals surface area contributed by atoms with E-state index in [1.807, 2.05) is 19.1 Å². The molecule has 2 aromatic rings. The van der Waals surface area contributed by atoms with Crippen LogP contribution in [0.3, 0.4) is 0 Å². The van der Waals surface area contributed by atoms with Crippen LogP contribution in [0.25, 0.3) is 5.57 Å². The minimum absolute atomic E-state index is 0.0269. The smallest absolute Gasteiger partial charge is 0.282 e. The van der Waals surface area contributed by atoms with E-state index in [0.29, 0.717) is 5.69 Å². The Morgan fingerprint density at radius 1 is 1.10 bits per heavy atom. The first-order valence-electron chi connectivity index (χ1n) is 6.30. The van der Waals surface area contributed by atoms with Gasteiger partial charge in [-0.1, -0.05) is 36.9 Å². The molecule has 0 atom stereocenters. The number of nitro groups is 1. The number of anilines is 1. The number of amides is 1. The van der Waals surface area contributed by atoms with Crippen molar-refractivity contribution in [2.45, 2.75) is 6.92 Å². The van der Waals surface area contributed by atoms with Gasteiger partial charge >= 0.3 is 0 Å².